The summed E-state index contributed by atoms with van der Waals surface area (Å²) in [6.45, 7) is 3.86. The summed E-state index contributed by atoms with van der Waals surface area (Å²) in [4.78, 5) is 16.7. The summed E-state index contributed by atoms with van der Waals surface area (Å²) in [5.41, 5.74) is 0.314. The number of halogens is 3. The number of likely N-dealkylation sites (tertiary alicyclic amines) is 1. The van der Waals surface area contributed by atoms with Crippen LogP contribution in [0.25, 0.3) is 0 Å². The Labute approximate surface area is 163 Å². The third kappa shape index (κ3) is 4.38. The van der Waals surface area contributed by atoms with E-state index in [1.165, 1.54) is 6.92 Å². The Morgan fingerprint density at radius 3 is 2.39 bits per heavy atom. The van der Waals surface area contributed by atoms with Crippen LogP contribution in [0.4, 0.5) is 13.2 Å². The Hall–Kier alpha value is -2.34. The zero-order valence-electron chi connectivity index (χ0n) is 16.2. The third-order valence-electron chi connectivity index (χ3n) is 5.50. The van der Waals surface area contributed by atoms with Gasteiger partial charge in [-0.05, 0) is 38.4 Å². The predicted molar refractivity (Wildman–Crippen MR) is 102 cm³/mol. The molecule has 0 bridgehead atoms. The van der Waals surface area contributed by atoms with Crippen molar-refractivity contribution >= 4 is 5.91 Å². The second kappa shape index (κ2) is 8.78. The van der Waals surface area contributed by atoms with Gasteiger partial charge in [-0.25, -0.2) is 13.2 Å². The lowest BCUT2D eigenvalue weighted by Gasteiger charge is -2.32. The minimum Gasteiger partial charge on any atom is -0.337 e. The van der Waals surface area contributed by atoms with Gasteiger partial charge >= 0.3 is 0 Å². The Morgan fingerprint density at radius 1 is 1.11 bits per heavy atom. The third-order valence-corrected chi connectivity index (χ3v) is 5.50. The summed E-state index contributed by atoms with van der Waals surface area (Å²) in [5.74, 6) is -3.37. The van der Waals surface area contributed by atoms with Crippen LogP contribution in [0, 0.1) is 24.4 Å². The molecule has 1 aliphatic heterocycles. The zero-order valence-corrected chi connectivity index (χ0v) is 16.2. The number of likely N-dealkylation sites (N-methyl/N-ethyl adjacent to an activating group) is 1. The van der Waals surface area contributed by atoms with E-state index in [1.807, 2.05) is 30.3 Å². The van der Waals surface area contributed by atoms with E-state index < -0.39 is 29.8 Å². The summed E-state index contributed by atoms with van der Waals surface area (Å²) in [6, 6.07) is 10.0. The van der Waals surface area contributed by atoms with Gasteiger partial charge < -0.3 is 9.80 Å². The van der Waals surface area contributed by atoms with E-state index in [0.29, 0.717) is 12.6 Å². The van der Waals surface area contributed by atoms with Crippen LogP contribution in [0.5, 0.6) is 0 Å². The standard InChI is InChI=1S/C22H25F3N2O/c1-15-18(23)13-19(24)17(22(15)25)12-21(28)26(2)20(14-27-10-6-7-11-27)16-8-4-3-5-9-16/h3-5,8-9,13,20H,6-7,10-12,14H2,1-2H3/t20-/m1/s1. The van der Waals surface area contributed by atoms with Crippen molar-refractivity contribution in [1.29, 1.82) is 0 Å². The van der Waals surface area contributed by atoms with Gasteiger partial charge in [-0.15, -0.1) is 0 Å². The van der Waals surface area contributed by atoms with Gasteiger partial charge in [0.25, 0.3) is 0 Å². The highest BCUT2D eigenvalue weighted by atomic mass is 19.1. The highest BCUT2D eigenvalue weighted by Crippen LogP contribution is 2.25. The van der Waals surface area contributed by atoms with Gasteiger partial charge in [0.1, 0.15) is 17.5 Å². The minimum absolute atomic E-state index is 0.223. The van der Waals surface area contributed by atoms with Gasteiger partial charge in [0.2, 0.25) is 5.91 Å². The van der Waals surface area contributed by atoms with Gasteiger partial charge in [-0.1, -0.05) is 30.3 Å². The number of benzene rings is 2. The normalized spacial score (nSPS) is 15.6. The first-order valence-corrected chi connectivity index (χ1v) is 9.54. The molecule has 0 saturated carbocycles. The van der Waals surface area contributed by atoms with Crippen molar-refractivity contribution in [3.05, 3.63) is 70.5 Å². The first-order valence-electron chi connectivity index (χ1n) is 9.54. The molecule has 0 aliphatic carbocycles. The first-order chi connectivity index (χ1) is 13.4. The number of hydrogen-bond acceptors (Lipinski definition) is 2. The van der Waals surface area contributed by atoms with Crippen LogP contribution in [0.1, 0.15) is 35.6 Å². The van der Waals surface area contributed by atoms with Crippen LogP contribution in [0.3, 0.4) is 0 Å². The average Bonchev–Trinajstić information content (AvgIpc) is 3.21. The fourth-order valence-electron chi connectivity index (χ4n) is 3.69. The van der Waals surface area contributed by atoms with E-state index in [-0.39, 0.29) is 17.2 Å². The number of hydrogen-bond donors (Lipinski definition) is 0. The lowest BCUT2D eigenvalue weighted by molar-refractivity contribution is -0.131. The van der Waals surface area contributed by atoms with Crippen molar-refractivity contribution in [3.63, 3.8) is 0 Å². The summed E-state index contributed by atoms with van der Waals surface area (Å²) >= 11 is 0. The monoisotopic (exact) mass is 390 g/mol. The average molecular weight is 390 g/mol. The van der Waals surface area contributed by atoms with Crippen molar-refractivity contribution < 1.29 is 18.0 Å². The lowest BCUT2D eigenvalue weighted by atomic mass is 10.0. The van der Waals surface area contributed by atoms with Crippen LogP contribution in [0.2, 0.25) is 0 Å². The molecule has 0 aromatic heterocycles. The molecule has 6 heteroatoms. The van der Waals surface area contributed by atoms with Crippen LogP contribution >= 0.6 is 0 Å². The molecule has 3 nitrogen and oxygen atoms in total. The fourth-order valence-corrected chi connectivity index (χ4v) is 3.69. The van der Waals surface area contributed by atoms with Gasteiger partial charge in [-0.2, -0.15) is 0 Å². The molecule has 1 amide bonds. The van der Waals surface area contributed by atoms with Gasteiger partial charge in [-0.3, -0.25) is 4.79 Å². The molecule has 150 valence electrons. The molecule has 0 unspecified atom stereocenters. The number of carbonyl (C=O) groups excluding carboxylic acids is 1. The lowest BCUT2D eigenvalue weighted by Crippen LogP contribution is -2.39. The maximum Gasteiger partial charge on any atom is 0.227 e. The molecule has 0 radical (unpaired) electrons. The van der Waals surface area contributed by atoms with Crippen LogP contribution in [0.15, 0.2) is 36.4 Å². The second-order valence-corrected chi connectivity index (χ2v) is 7.37. The van der Waals surface area contributed by atoms with Gasteiger partial charge in [0, 0.05) is 30.8 Å². The topological polar surface area (TPSA) is 23.6 Å². The largest absolute Gasteiger partial charge is 0.337 e. The summed E-state index contributed by atoms with van der Waals surface area (Å²) in [5, 5.41) is 0. The molecule has 28 heavy (non-hydrogen) atoms. The Kier molecular flexibility index (Phi) is 6.39. The van der Waals surface area contributed by atoms with E-state index in [0.717, 1.165) is 31.5 Å². The molecular weight excluding hydrogens is 365 g/mol. The zero-order chi connectivity index (χ0) is 20.3. The molecular formula is C22H25F3N2O. The maximum atomic E-state index is 14.3. The summed E-state index contributed by atoms with van der Waals surface area (Å²) < 4.78 is 42.0. The SMILES string of the molecule is Cc1c(F)cc(F)c(CC(=O)N(C)[C@H](CN2CCCC2)c2ccccc2)c1F. The first kappa shape index (κ1) is 20.4. The summed E-state index contributed by atoms with van der Waals surface area (Å²) in [6.07, 6.45) is 1.81. The van der Waals surface area contributed by atoms with Crippen LogP contribution in [-0.4, -0.2) is 42.4 Å². The number of carbonyl (C=O) groups is 1. The highest BCUT2D eigenvalue weighted by molar-refractivity contribution is 5.79. The van der Waals surface area contributed by atoms with Gasteiger partial charge in [0.05, 0.1) is 12.5 Å². The predicted octanol–water partition coefficient (Wildman–Crippen LogP) is 4.25. The van der Waals surface area contributed by atoms with Crippen molar-refractivity contribution in [2.75, 3.05) is 26.7 Å². The van der Waals surface area contributed by atoms with Crippen molar-refractivity contribution in [1.82, 2.24) is 9.80 Å². The van der Waals surface area contributed by atoms with E-state index in [4.69, 9.17) is 0 Å². The van der Waals surface area contributed by atoms with Crippen LogP contribution < -0.4 is 0 Å². The molecule has 2 aromatic carbocycles. The molecule has 0 N–H and O–H groups in total. The molecule has 1 aliphatic rings. The number of amides is 1. The minimum atomic E-state index is -1.03. The molecule has 1 heterocycles. The Bertz CT molecular complexity index is 835. The molecule has 2 aromatic rings. The van der Waals surface area contributed by atoms with E-state index >= 15 is 0 Å². The fraction of sp³-hybridized carbons (Fsp3) is 0.409. The molecule has 1 saturated heterocycles. The molecule has 3 rings (SSSR count). The number of rotatable bonds is 6. The van der Waals surface area contributed by atoms with Crippen molar-refractivity contribution in [2.24, 2.45) is 0 Å². The molecule has 0 spiro atoms. The smallest absolute Gasteiger partial charge is 0.227 e. The van der Waals surface area contributed by atoms with Crippen molar-refractivity contribution in [2.45, 2.75) is 32.2 Å². The Morgan fingerprint density at radius 2 is 1.75 bits per heavy atom. The number of nitrogens with zero attached hydrogens (tertiary/aromatic N) is 2. The molecule has 1 atom stereocenters. The highest BCUT2D eigenvalue weighted by Gasteiger charge is 2.27. The van der Waals surface area contributed by atoms with Gasteiger partial charge in [0.15, 0.2) is 0 Å². The second-order valence-electron chi connectivity index (χ2n) is 7.37. The Balaban J connectivity index is 1.83. The molecule has 1 fully saturated rings. The van der Waals surface area contributed by atoms with Crippen LogP contribution in [-0.2, 0) is 11.2 Å². The van der Waals surface area contributed by atoms with Crippen molar-refractivity contribution in [3.8, 4) is 0 Å². The van der Waals surface area contributed by atoms with E-state index in [1.54, 1.807) is 11.9 Å². The maximum absolute atomic E-state index is 14.3. The van der Waals surface area contributed by atoms with E-state index in [2.05, 4.69) is 4.90 Å². The quantitative estimate of drug-likeness (QED) is 0.736. The summed E-state index contributed by atoms with van der Waals surface area (Å²) in [7, 11) is 1.66. The van der Waals surface area contributed by atoms with E-state index in [9.17, 15) is 18.0 Å².